The number of unbranched alkanes of at least 4 members (excludes halogenated alkanes) is 18. The molecule has 154 valence electrons. The van der Waals surface area contributed by atoms with Gasteiger partial charge in [-0.3, -0.25) is 0 Å². The van der Waals surface area contributed by atoms with Gasteiger partial charge in [-0.1, -0.05) is 116 Å². The molecular weight excluding hydrogens is 324 g/mol. The van der Waals surface area contributed by atoms with Crippen LogP contribution in [-0.4, -0.2) is 16.2 Å². The highest BCUT2D eigenvalue weighted by Gasteiger charge is 2.01. The monoisotopic (exact) mass is 368 g/mol. The minimum absolute atomic E-state index is 0.517. The van der Waals surface area contributed by atoms with Crippen molar-refractivity contribution in [2.24, 2.45) is 0 Å². The molecule has 0 amide bonds. The van der Waals surface area contributed by atoms with Gasteiger partial charge in [-0.25, -0.2) is 4.79 Å². The van der Waals surface area contributed by atoms with Crippen molar-refractivity contribution < 1.29 is 15.0 Å². The molecule has 0 spiro atoms. The number of allylic oxidation sites excluding steroid dienone is 1. The summed E-state index contributed by atoms with van der Waals surface area (Å²) in [5.74, 6) is -1.75. The van der Waals surface area contributed by atoms with E-state index in [1.54, 1.807) is 0 Å². The number of carbonyl (C=O) groups is 1. The molecule has 0 unspecified atom stereocenters. The SMILES string of the molecule is CCCCCCCCCCCCCCCCCCCC/C=C(\O)C(=O)O. The van der Waals surface area contributed by atoms with Crippen molar-refractivity contribution in [1.82, 2.24) is 0 Å². The number of hydrogen-bond acceptors (Lipinski definition) is 2. The van der Waals surface area contributed by atoms with Crippen LogP contribution in [-0.2, 0) is 4.79 Å². The molecule has 0 aromatic carbocycles. The van der Waals surface area contributed by atoms with E-state index in [1.165, 1.54) is 109 Å². The Morgan fingerprint density at radius 2 is 0.885 bits per heavy atom. The van der Waals surface area contributed by atoms with Gasteiger partial charge in [0.25, 0.3) is 0 Å². The van der Waals surface area contributed by atoms with Crippen LogP contribution in [0.15, 0.2) is 11.8 Å². The van der Waals surface area contributed by atoms with Crippen LogP contribution < -0.4 is 0 Å². The maximum atomic E-state index is 10.4. The van der Waals surface area contributed by atoms with Gasteiger partial charge in [0.15, 0.2) is 5.76 Å². The Kier molecular flexibility index (Phi) is 19.5. The highest BCUT2D eigenvalue weighted by molar-refractivity contribution is 5.83. The van der Waals surface area contributed by atoms with Crippen molar-refractivity contribution in [2.45, 2.75) is 129 Å². The molecule has 0 rings (SSSR count). The second kappa shape index (κ2) is 20.3. The maximum Gasteiger partial charge on any atom is 0.370 e. The fourth-order valence-corrected chi connectivity index (χ4v) is 3.37. The van der Waals surface area contributed by atoms with Gasteiger partial charge < -0.3 is 10.2 Å². The van der Waals surface area contributed by atoms with Crippen molar-refractivity contribution in [3.05, 3.63) is 11.8 Å². The van der Waals surface area contributed by atoms with Gasteiger partial charge in [-0.05, 0) is 18.9 Å². The molecule has 3 nitrogen and oxygen atoms in total. The summed E-state index contributed by atoms with van der Waals surface area (Å²) in [6.07, 6.45) is 26.4. The highest BCUT2D eigenvalue weighted by atomic mass is 16.4. The smallest absolute Gasteiger partial charge is 0.370 e. The van der Waals surface area contributed by atoms with Gasteiger partial charge in [-0.2, -0.15) is 0 Å². The van der Waals surface area contributed by atoms with Crippen molar-refractivity contribution in [3.63, 3.8) is 0 Å². The minimum atomic E-state index is -1.23. The molecule has 0 saturated carbocycles. The molecule has 3 heteroatoms. The van der Waals surface area contributed by atoms with E-state index in [0.29, 0.717) is 6.42 Å². The minimum Gasteiger partial charge on any atom is -0.502 e. The molecule has 0 aliphatic heterocycles. The van der Waals surface area contributed by atoms with Crippen molar-refractivity contribution >= 4 is 5.97 Å². The zero-order valence-electron chi connectivity index (χ0n) is 17.3. The van der Waals surface area contributed by atoms with Gasteiger partial charge in [0.05, 0.1) is 0 Å². The second-order valence-corrected chi connectivity index (χ2v) is 7.69. The summed E-state index contributed by atoms with van der Waals surface area (Å²) >= 11 is 0. The predicted molar refractivity (Wildman–Crippen MR) is 112 cm³/mol. The first kappa shape index (κ1) is 25.0. The average molecular weight is 369 g/mol. The van der Waals surface area contributed by atoms with E-state index in [0.717, 1.165) is 12.8 Å². The zero-order valence-corrected chi connectivity index (χ0v) is 17.3. The Hall–Kier alpha value is -0.990. The number of carboxylic acids is 1. The van der Waals surface area contributed by atoms with Crippen LogP contribution >= 0.6 is 0 Å². The summed E-state index contributed by atoms with van der Waals surface area (Å²) in [5.41, 5.74) is 0. The first-order chi connectivity index (χ1) is 12.7. The fraction of sp³-hybridized carbons (Fsp3) is 0.870. The lowest BCUT2D eigenvalue weighted by molar-refractivity contribution is -0.135. The van der Waals surface area contributed by atoms with Crippen LogP contribution in [0.4, 0.5) is 0 Å². The molecule has 0 bridgehead atoms. The first-order valence-electron chi connectivity index (χ1n) is 11.3. The van der Waals surface area contributed by atoms with Crippen LogP contribution in [0.5, 0.6) is 0 Å². The summed E-state index contributed by atoms with van der Waals surface area (Å²) in [6, 6.07) is 0. The Balaban J connectivity index is 3.09. The lowest BCUT2D eigenvalue weighted by atomic mass is 10.0. The third kappa shape index (κ3) is 19.3. The zero-order chi connectivity index (χ0) is 19.3. The van der Waals surface area contributed by atoms with Crippen molar-refractivity contribution in [1.29, 1.82) is 0 Å². The largest absolute Gasteiger partial charge is 0.502 e. The highest BCUT2D eigenvalue weighted by Crippen LogP contribution is 2.14. The molecule has 0 fully saturated rings. The number of rotatable bonds is 20. The molecule has 0 aliphatic rings. The maximum absolute atomic E-state index is 10.4. The van der Waals surface area contributed by atoms with E-state index in [2.05, 4.69) is 6.92 Å². The Morgan fingerprint density at radius 3 is 1.19 bits per heavy atom. The van der Waals surface area contributed by atoms with Gasteiger partial charge in [-0.15, -0.1) is 0 Å². The standard InChI is InChI=1S/C23H44O3/c1-2-3-4-5-6-7-8-9-10-11-12-13-14-15-16-17-18-19-20-21-22(24)23(25)26/h21,24H,2-20H2,1H3,(H,25,26)/b22-21-. The number of aliphatic hydroxyl groups is 1. The van der Waals surface area contributed by atoms with E-state index < -0.39 is 11.7 Å². The molecule has 0 aliphatic carbocycles. The molecule has 2 N–H and O–H groups in total. The van der Waals surface area contributed by atoms with Gasteiger partial charge in [0.1, 0.15) is 0 Å². The van der Waals surface area contributed by atoms with Crippen molar-refractivity contribution in [3.8, 4) is 0 Å². The Bertz CT molecular complexity index is 336. The van der Waals surface area contributed by atoms with Gasteiger partial charge in [0, 0.05) is 0 Å². The number of aliphatic hydroxyl groups excluding tert-OH is 1. The van der Waals surface area contributed by atoms with E-state index >= 15 is 0 Å². The molecule has 0 atom stereocenters. The fourth-order valence-electron chi connectivity index (χ4n) is 3.37. The summed E-state index contributed by atoms with van der Waals surface area (Å²) in [7, 11) is 0. The number of carboxylic acid groups (broad SMARTS) is 1. The topological polar surface area (TPSA) is 57.5 Å². The molecule has 26 heavy (non-hydrogen) atoms. The Morgan fingerprint density at radius 1 is 0.577 bits per heavy atom. The summed E-state index contributed by atoms with van der Waals surface area (Å²) in [6.45, 7) is 2.28. The molecular formula is C23H44O3. The third-order valence-electron chi connectivity index (χ3n) is 5.11. The van der Waals surface area contributed by atoms with E-state index in [1.807, 2.05) is 0 Å². The van der Waals surface area contributed by atoms with Gasteiger partial charge >= 0.3 is 5.97 Å². The molecule has 0 heterocycles. The average Bonchev–Trinajstić information content (AvgIpc) is 2.63. The molecule has 0 aromatic rings. The predicted octanol–water partition coefficient (Wildman–Crippen LogP) is 7.94. The van der Waals surface area contributed by atoms with Crippen LogP contribution in [0.2, 0.25) is 0 Å². The van der Waals surface area contributed by atoms with Crippen LogP contribution in [0.1, 0.15) is 129 Å². The lowest BCUT2D eigenvalue weighted by Crippen LogP contribution is -1.98. The van der Waals surface area contributed by atoms with Crippen LogP contribution in [0, 0.1) is 0 Å². The number of aliphatic carboxylic acids is 1. The second-order valence-electron chi connectivity index (χ2n) is 7.69. The lowest BCUT2D eigenvalue weighted by Gasteiger charge is -2.03. The third-order valence-corrected chi connectivity index (χ3v) is 5.11. The van der Waals surface area contributed by atoms with Crippen LogP contribution in [0.25, 0.3) is 0 Å². The molecule has 0 saturated heterocycles. The van der Waals surface area contributed by atoms with E-state index in [-0.39, 0.29) is 0 Å². The summed E-state index contributed by atoms with van der Waals surface area (Å²) in [5, 5.41) is 17.5. The number of hydrogen-bond donors (Lipinski definition) is 2. The molecule has 0 radical (unpaired) electrons. The van der Waals surface area contributed by atoms with E-state index in [4.69, 9.17) is 10.2 Å². The normalized spacial score (nSPS) is 11.8. The first-order valence-corrected chi connectivity index (χ1v) is 11.3. The van der Waals surface area contributed by atoms with Crippen molar-refractivity contribution in [2.75, 3.05) is 0 Å². The molecule has 0 aromatic heterocycles. The van der Waals surface area contributed by atoms with E-state index in [9.17, 15) is 4.79 Å². The quantitative estimate of drug-likeness (QED) is 0.130. The Labute approximate surface area is 162 Å². The van der Waals surface area contributed by atoms with Gasteiger partial charge in [0.2, 0.25) is 0 Å². The summed E-state index contributed by atoms with van der Waals surface area (Å²) in [4.78, 5) is 10.4. The van der Waals surface area contributed by atoms with Crippen LogP contribution in [0.3, 0.4) is 0 Å². The summed E-state index contributed by atoms with van der Waals surface area (Å²) < 4.78 is 0.